The van der Waals surface area contributed by atoms with E-state index in [1.807, 2.05) is 6.92 Å². The number of urea groups is 1. The van der Waals surface area contributed by atoms with Crippen LogP contribution in [0.2, 0.25) is 0 Å². The lowest BCUT2D eigenvalue weighted by molar-refractivity contribution is -0.142. The summed E-state index contributed by atoms with van der Waals surface area (Å²) in [4.78, 5) is 22.6. The van der Waals surface area contributed by atoms with E-state index >= 15 is 0 Å². The number of carboxylic acids is 1. The molecule has 6 nitrogen and oxygen atoms in total. The van der Waals surface area contributed by atoms with E-state index in [-0.39, 0.29) is 24.0 Å². The van der Waals surface area contributed by atoms with E-state index in [1.165, 1.54) is 0 Å². The molecular weight excluding hydrogens is 248 g/mol. The molecule has 0 aromatic heterocycles. The summed E-state index contributed by atoms with van der Waals surface area (Å²) < 4.78 is 5.02. The van der Waals surface area contributed by atoms with Gasteiger partial charge in [0, 0.05) is 13.2 Å². The zero-order valence-corrected chi connectivity index (χ0v) is 11.6. The Morgan fingerprint density at radius 3 is 2.42 bits per heavy atom. The molecule has 0 aromatic rings. The van der Waals surface area contributed by atoms with Gasteiger partial charge in [0.15, 0.2) is 0 Å². The van der Waals surface area contributed by atoms with E-state index in [2.05, 4.69) is 10.6 Å². The number of carbonyl (C=O) groups is 2. The first-order valence-corrected chi connectivity index (χ1v) is 6.85. The van der Waals surface area contributed by atoms with Gasteiger partial charge in [-0.2, -0.15) is 0 Å². The number of carbonyl (C=O) groups excluding carboxylic acids is 1. The van der Waals surface area contributed by atoms with Gasteiger partial charge in [0.05, 0.1) is 18.6 Å². The highest BCUT2D eigenvalue weighted by molar-refractivity contribution is 5.74. The first kappa shape index (κ1) is 15.8. The van der Waals surface area contributed by atoms with Crippen molar-refractivity contribution in [2.24, 2.45) is 5.92 Å². The molecule has 19 heavy (non-hydrogen) atoms. The highest BCUT2D eigenvalue weighted by Crippen LogP contribution is 2.24. The molecule has 1 unspecified atom stereocenters. The number of ether oxygens (including phenoxy) is 1. The summed E-state index contributed by atoms with van der Waals surface area (Å²) in [6.07, 6.45) is 3.54. The van der Waals surface area contributed by atoms with Crippen molar-refractivity contribution < 1.29 is 19.4 Å². The molecular formula is C13H24N2O4. The standard InChI is InChI=1S/C13H24N2O4/c1-3-10(8-19-2)14-13(18)15-11-6-4-9(5-7-11)12(16)17/h9-11H,3-8H2,1-2H3,(H,16,17)(H2,14,15,18). The van der Waals surface area contributed by atoms with E-state index in [0.717, 1.165) is 19.3 Å². The lowest BCUT2D eigenvalue weighted by Gasteiger charge is -2.27. The molecule has 0 aliphatic heterocycles. The monoisotopic (exact) mass is 272 g/mol. The highest BCUT2D eigenvalue weighted by Gasteiger charge is 2.26. The van der Waals surface area contributed by atoms with Crippen molar-refractivity contribution in [2.75, 3.05) is 13.7 Å². The van der Waals surface area contributed by atoms with E-state index in [0.29, 0.717) is 19.4 Å². The van der Waals surface area contributed by atoms with Crippen LogP contribution < -0.4 is 10.6 Å². The second-order valence-corrected chi connectivity index (χ2v) is 5.07. The van der Waals surface area contributed by atoms with Crippen LogP contribution in [0.15, 0.2) is 0 Å². The minimum absolute atomic E-state index is 0.0142. The summed E-state index contributed by atoms with van der Waals surface area (Å²) in [6, 6.07) is -0.0984. The molecule has 1 aliphatic carbocycles. The van der Waals surface area contributed by atoms with Crippen molar-refractivity contribution in [3.63, 3.8) is 0 Å². The topological polar surface area (TPSA) is 87.7 Å². The Hall–Kier alpha value is -1.30. The number of carboxylic acid groups (broad SMARTS) is 1. The number of methoxy groups -OCH3 is 1. The largest absolute Gasteiger partial charge is 0.481 e. The Labute approximate surface area is 113 Å². The van der Waals surface area contributed by atoms with Crippen molar-refractivity contribution in [2.45, 2.75) is 51.1 Å². The number of amides is 2. The molecule has 2 amide bonds. The Kier molecular flexibility index (Phi) is 6.62. The summed E-state index contributed by atoms with van der Waals surface area (Å²) in [5.41, 5.74) is 0. The molecule has 3 N–H and O–H groups in total. The van der Waals surface area contributed by atoms with Crippen LogP contribution in [-0.2, 0) is 9.53 Å². The summed E-state index contributed by atoms with van der Waals surface area (Å²) in [6.45, 7) is 2.48. The minimum Gasteiger partial charge on any atom is -0.481 e. The molecule has 0 heterocycles. The lowest BCUT2D eigenvalue weighted by atomic mass is 9.86. The normalized spacial score (nSPS) is 24.5. The molecule has 1 rings (SSSR count). The quantitative estimate of drug-likeness (QED) is 0.681. The number of hydrogen-bond donors (Lipinski definition) is 3. The molecule has 0 radical (unpaired) electrons. The molecule has 1 atom stereocenters. The van der Waals surface area contributed by atoms with E-state index in [4.69, 9.17) is 9.84 Å². The van der Waals surface area contributed by atoms with Gasteiger partial charge in [-0.25, -0.2) is 4.79 Å². The zero-order chi connectivity index (χ0) is 14.3. The maximum Gasteiger partial charge on any atom is 0.315 e. The molecule has 0 bridgehead atoms. The third kappa shape index (κ3) is 5.46. The molecule has 1 saturated carbocycles. The van der Waals surface area contributed by atoms with E-state index < -0.39 is 5.97 Å². The second kappa shape index (κ2) is 7.99. The molecule has 110 valence electrons. The van der Waals surface area contributed by atoms with E-state index in [1.54, 1.807) is 7.11 Å². The Morgan fingerprint density at radius 1 is 1.32 bits per heavy atom. The zero-order valence-electron chi connectivity index (χ0n) is 11.6. The SMILES string of the molecule is CCC(COC)NC(=O)NC1CCC(C(=O)O)CC1. The number of aliphatic carboxylic acids is 1. The first-order valence-electron chi connectivity index (χ1n) is 6.85. The smallest absolute Gasteiger partial charge is 0.315 e. The van der Waals surface area contributed by atoms with Crippen LogP contribution in [0.25, 0.3) is 0 Å². The van der Waals surface area contributed by atoms with Crippen LogP contribution in [0, 0.1) is 5.92 Å². The van der Waals surface area contributed by atoms with Gasteiger partial charge in [-0.05, 0) is 32.1 Å². The van der Waals surface area contributed by atoms with Gasteiger partial charge in [0.25, 0.3) is 0 Å². The van der Waals surface area contributed by atoms with Crippen LogP contribution in [0.3, 0.4) is 0 Å². The first-order chi connectivity index (χ1) is 9.06. The van der Waals surface area contributed by atoms with Gasteiger partial charge in [-0.1, -0.05) is 6.92 Å². The fourth-order valence-corrected chi connectivity index (χ4v) is 2.36. The Morgan fingerprint density at radius 2 is 1.95 bits per heavy atom. The predicted molar refractivity (Wildman–Crippen MR) is 71.0 cm³/mol. The Bertz CT molecular complexity index is 301. The highest BCUT2D eigenvalue weighted by atomic mass is 16.5. The van der Waals surface area contributed by atoms with Gasteiger partial charge < -0.3 is 20.5 Å². The maximum absolute atomic E-state index is 11.8. The minimum atomic E-state index is -0.728. The number of nitrogens with one attached hydrogen (secondary N) is 2. The van der Waals surface area contributed by atoms with Crippen LogP contribution >= 0.6 is 0 Å². The van der Waals surface area contributed by atoms with Crippen molar-refractivity contribution in [3.05, 3.63) is 0 Å². The van der Waals surface area contributed by atoms with Gasteiger partial charge in [0.2, 0.25) is 0 Å². The summed E-state index contributed by atoms with van der Waals surface area (Å²) >= 11 is 0. The third-order valence-electron chi connectivity index (χ3n) is 3.61. The Balaban J connectivity index is 2.28. The third-order valence-corrected chi connectivity index (χ3v) is 3.61. The van der Waals surface area contributed by atoms with Gasteiger partial charge in [-0.15, -0.1) is 0 Å². The number of hydrogen-bond acceptors (Lipinski definition) is 3. The fraction of sp³-hybridized carbons (Fsp3) is 0.846. The predicted octanol–water partition coefficient (Wildman–Crippen LogP) is 1.35. The summed E-state index contributed by atoms with van der Waals surface area (Å²) in [5, 5.41) is 14.7. The van der Waals surface area contributed by atoms with Crippen LogP contribution in [0.5, 0.6) is 0 Å². The summed E-state index contributed by atoms with van der Waals surface area (Å²) in [7, 11) is 1.61. The van der Waals surface area contributed by atoms with Crippen molar-refractivity contribution in [1.29, 1.82) is 0 Å². The van der Waals surface area contributed by atoms with Crippen molar-refractivity contribution in [1.82, 2.24) is 10.6 Å². The molecule has 0 saturated heterocycles. The van der Waals surface area contributed by atoms with Gasteiger partial charge >= 0.3 is 12.0 Å². The summed E-state index contributed by atoms with van der Waals surface area (Å²) in [5.74, 6) is -0.980. The molecule has 6 heteroatoms. The fourth-order valence-electron chi connectivity index (χ4n) is 2.36. The van der Waals surface area contributed by atoms with Crippen LogP contribution in [0.4, 0.5) is 4.79 Å². The molecule has 1 aliphatic rings. The van der Waals surface area contributed by atoms with Gasteiger partial charge in [-0.3, -0.25) is 4.79 Å². The maximum atomic E-state index is 11.8. The number of rotatable bonds is 6. The molecule has 0 aromatic carbocycles. The van der Waals surface area contributed by atoms with Crippen LogP contribution in [0.1, 0.15) is 39.0 Å². The van der Waals surface area contributed by atoms with Gasteiger partial charge in [0.1, 0.15) is 0 Å². The van der Waals surface area contributed by atoms with Crippen LogP contribution in [-0.4, -0.2) is 42.9 Å². The average molecular weight is 272 g/mol. The molecule has 1 fully saturated rings. The second-order valence-electron chi connectivity index (χ2n) is 5.07. The van der Waals surface area contributed by atoms with E-state index in [9.17, 15) is 9.59 Å². The molecule has 0 spiro atoms. The van der Waals surface area contributed by atoms with Crippen molar-refractivity contribution >= 4 is 12.0 Å². The average Bonchev–Trinajstić information content (AvgIpc) is 2.38. The van der Waals surface area contributed by atoms with Crippen molar-refractivity contribution in [3.8, 4) is 0 Å². The lowest BCUT2D eigenvalue weighted by Crippen LogP contribution is -2.48.